The minimum absolute atomic E-state index is 0.0143. The number of carbonyl (C=O) groups is 1. The number of para-hydroxylation sites is 1. The van der Waals surface area contributed by atoms with Crippen molar-refractivity contribution in [2.45, 2.75) is 25.5 Å². The first-order valence-electron chi connectivity index (χ1n) is 7.32. The van der Waals surface area contributed by atoms with Crippen LogP contribution in [0.15, 0.2) is 42.5 Å². The highest BCUT2D eigenvalue weighted by Gasteiger charge is 2.56. The molecule has 4 nitrogen and oxygen atoms in total. The average Bonchev–Trinajstić information content (AvgIpc) is 2.94. The van der Waals surface area contributed by atoms with Crippen LogP contribution in [0.4, 0.5) is 5.69 Å². The van der Waals surface area contributed by atoms with Gasteiger partial charge in [0.05, 0.1) is 12.8 Å². The number of anilines is 1. The molecule has 2 aliphatic rings. The van der Waals surface area contributed by atoms with Gasteiger partial charge in [0, 0.05) is 18.1 Å². The molecule has 112 valence electrons. The van der Waals surface area contributed by atoms with E-state index >= 15 is 0 Å². The van der Waals surface area contributed by atoms with E-state index in [0.29, 0.717) is 0 Å². The van der Waals surface area contributed by atoms with Crippen LogP contribution in [0.3, 0.4) is 0 Å². The molecule has 1 amide bonds. The van der Waals surface area contributed by atoms with Crippen molar-refractivity contribution in [1.82, 2.24) is 0 Å². The van der Waals surface area contributed by atoms with Crippen molar-refractivity contribution < 1.29 is 14.3 Å². The highest BCUT2D eigenvalue weighted by Crippen LogP contribution is 2.59. The van der Waals surface area contributed by atoms with Gasteiger partial charge in [-0.3, -0.25) is 4.79 Å². The van der Waals surface area contributed by atoms with Crippen LogP contribution in [0.5, 0.6) is 11.5 Å². The molecule has 4 heteroatoms. The fourth-order valence-electron chi connectivity index (χ4n) is 3.72. The van der Waals surface area contributed by atoms with Crippen molar-refractivity contribution >= 4 is 11.6 Å². The summed E-state index contributed by atoms with van der Waals surface area (Å²) in [4.78, 5) is 14.1. The number of benzene rings is 2. The average molecular weight is 295 g/mol. The Morgan fingerprint density at radius 1 is 1.27 bits per heavy atom. The quantitative estimate of drug-likeness (QED) is 0.809. The molecule has 0 radical (unpaired) electrons. The van der Waals surface area contributed by atoms with E-state index in [2.05, 4.69) is 0 Å². The molecule has 2 aromatic rings. The van der Waals surface area contributed by atoms with Crippen molar-refractivity contribution in [2.24, 2.45) is 0 Å². The number of carbonyl (C=O) groups excluding carboxylic acids is 1. The van der Waals surface area contributed by atoms with Gasteiger partial charge in [0.1, 0.15) is 17.5 Å². The maximum absolute atomic E-state index is 12.3. The number of nitrogens with zero attached hydrogens (tertiary/aromatic N) is 1. The Hall–Kier alpha value is -2.49. The molecule has 0 spiro atoms. The van der Waals surface area contributed by atoms with Gasteiger partial charge in [-0.05, 0) is 31.2 Å². The van der Waals surface area contributed by atoms with Gasteiger partial charge in [-0.15, -0.1) is 0 Å². The Kier molecular flexibility index (Phi) is 2.55. The van der Waals surface area contributed by atoms with Gasteiger partial charge < -0.3 is 14.4 Å². The Balaban J connectivity index is 1.96. The Morgan fingerprint density at radius 3 is 2.77 bits per heavy atom. The maximum atomic E-state index is 12.3. The van der Waals surface area contributed by atoms with Crippen LogP contribution in [0.25, 0.3) is 0 Å². The van der Waals surface area contributed by atoms with Gasteiger partial charge in [-0.2, -0.15) is 0 Å². The number of hydrogen-bond acceptors (Lipinski definition) is 3. The number of methoxy groups -OCH3 is 1. The first-order chi connectivity index (χ1) is 10.6. The molecular formula is C18H17NO3. The summed E-state index contributed by atoms with van der Waals surface area (Å²) in [5.74, 6) is 1.60. The summed E-state index contributed by atoms with van der Waals surface area (Å²) in [7, 11) is 1.64. The van der Waals surface area contributed by atoms with E-state index in [9.17, 15) is 4.79 Å². The highest BCUT2D eigenvalue weighted by molar-refractivity contribution is 5.96. The van der Waals surface area contributed by atoms with E-state index in [1.165, 1.54) is 0 Å². The summed E-state index contributed by atoms with van der Waals surface area (Å²) in [6.07, 6.45) is 0. The van der Waals surface area contributed by atoms with Crippen LogP contribution in [0, 0.1) is 0 Å². The van der Waals surface area contributed by atoms with Crippen LogP contribution < -0.4 is 14.4 Å². The molecule has 0 unspecified atom stereocenters. The molecule has 2 aromatic carbocycles. The van der Waals surface area contributed by atoms with Crippen LogP contribution in [-0.2, 0) is 10.4 Å². The lowest BCUT2D eigenvalue weighted by Gasteiger charge is -2.28. The molecule has 22 heavy (non-hydrogen) atoms. The van der Waals surface area contributed by atoms with E-state index in [-0.39, 0.29) is 11.9 Å². The third-order valence-corrected chi connectivity index (χ3v) is 4.65. The van der Waals surface area contributed by atoms with E-state index < -0.39 is 5.60 Å². The van der Waals surface area contributed by atoms with Crippen LogP contribution in [-0.4, -0.2) is 13.0 Å². The van der Waals surface area contributed by atoms with Gasteiger partial charge in [0.25, 0.3) is 0 Å². The number of ether oxygens (including phenoxy) is 2. The van der Waals surface area contributed by atoms with E-state index in [1.807, 2.05) is 54.3 Å². The zero-order chi connectivity index (χ0) is 15.5. The number of amides is 1. The van der Waals surface area contributed by atoms with Crippen molar-refractivity contribution in [3.05, 3.63) is 53.6 Å². The minimum atomic E-state index is -0.559. The van der Waals surface area contributed by atoms with Gasteiger partial charge in [-0.1, -0.05) is 18.2 Å². The lowest BCUT2D eigenvalue weighted by atomic mass is 9.89. The Bertz CT molecular complexity index is 786. The molecule has 0 aliphatic carbocycles. The zero-order valence-electron chi connectivity index (χ0n) is 12.8. The van der Waals surface area contributed by atoms with E-state index in [4.69, 9.17) is 9.47 Å². The zero-order valence-corrected chi connectivity index (χ0v) is 12.8. The highest BCUT2D eigenvalue weighted by atomic mass is 16.5. The molecule has 0 N–H and O–H groups in total. The van der Waals surface area contributed by atoms with Crippen LogP contribution >= 0.6 is 0 Å². The second-order valence-electron chi connectivity index (χ2n) is 5.92. The molecule has 2 atom stereocenters. The van der Waals surface area contributed by atoms with Gasteiger partial charge in [0.2, 0.25) is 5.91 Å². The normalized spacial score (nSPS) is 24.3. The van der Waals surface area contributed by atoms with Gasteiger partial charge in [-0.25, -0.2) is 0 Å². The molecule has 2 aliphatic heterocycles. The van der Waals surface area contributed by atoms with E-state index in [1.54, 1.807) is 14.0 Å². The standard InChI is InChI=1S/C18H17NO3/c1-11(20)19-15-7-5-4-6-14(15)18(2)17(19)13-10-12(21-3)8-9-16(13)22-18/h4-10,17H,1-3H3/t17-,18-/m1/s1. The second-order valence-corrected chi connectivity index (χ2v) is 5.92. The molecular weight excluding hydrogens is 278 g/mol. The topological polar surface area (TPSA) is 38.8 Å². The van der Waals surface area contributed by atoms with Gasteiger partial charge in [0.15, 0.2) is 5.60 Å². The number of fused-ring (bicyclic) bond motifs is 5. The Morgan fingerprint density at radius 2 is 2.05 bits per heavy atom. The third-order valence-electron chi connectivity index (χ3n) is 4.65. The summed E-state index contributed by atoms with van der Waals surface area (Å²) in [5.41, 5.74) is 2.41. The fourth-order valence-corrected chi connectivity index (χ4v) is 3.72. The molecule has 0 saturated heterocycles. The molecule has 4 rings (SSSR count). The van der Waals surface area contributed by atoms with Crippen molar-refractivity contribution in [2.75, 3.05) is 12.0 Å². The molecule has 0 aromatic heterocycles. The van der Waals surface area contributed by atoms with Crippen molar-refractivity contribution in [1.29, 1.82) is 0 Å². The minimum Gasteiger partial charge on any atom is -0.497 e. The largest absolute Gasteiger partial charge is 0.497 e. The predicted molar refractivity (Wildman–Crippen MR) is 83.3 cm³/mol. The first-order valence-corrected chi connectivity index (χ1v) is 7.32. The summed E-state index contributed by atoms with van der Waals surface area (Å²) in [6.45, 7) is 3.65. The summed E-state index contributed by atoms with van der Waals surface area (Å²) >= 11 is 0. The lowest BCUT2D eigenvalue weighted by Crippen LogP contribution is -2.37. The molecule has 0 saturated carbocycles. The molecule has 0 fully saturated rings. The number of rotatable bonds is 1. The predicted octanol–water partition coefficient (Wildman–Crippen LogP) is 3.41. The molecule has 2 heterocycles. The third kappa shape index (κ3) is 1.49. The summed E-state index contributed by atoms with van der Waals surface area (Å²) in [6, 6.07) is 13.5. The smallest absolute Gasteiger partial charge is 0.224 e. The number of hydrogen-bond donors (Lipinski definition) is 0. The monoisotopic (exact) mass is 295 g/mol. The molecule has 0 bridgehead atoms. The second kappa shape index (κ2) is 4.26. The van der Waals surface area contributed by atoms with Crippen LogP contribution in [0.1, 0.15) is 31.0 Å². The fraction of sp³-hybridized carbons (Fsp3) is 0.278. The maximum Gasteiger partial charge on any atom is 0.224 e. The first kappa shape index (κ1) is 13.2. The van der Waals surface area contributed by atoms with E-state index in [0.717, 1.165) is 28.3 Å². The lowest BCUT2D eigenvalue weighted by molar-refractivity contribution is -0.117. The van der Waals surface area contributed by atoms with Crippen molar-refractivity contribution in [3.63, 3.8) is 0 Å². The SMILES string of the molecule is COc1ccc2c(c1)[C@H]1N(C(C)=O)c3ccccc3[C@@]1(C)O2. The summed E-state index contributed by atoms with van der Waals surface area (Å²) in [5, 5.41) is 0. The van der Waals surface area contributed by atoms with Crippen molar-refractivity contribution in [3.8, 4) is 11.5 Å². The Labute approximate surface area is 129 Å². The van der Waals surface area contributed by atoms with Crippen LogP contribution in [0.2, 0.25) is 0 Å². The van der Waals surface area contributed by atoms with Gasteiger partial charge >= 0.3 is 0 Å². The summed E-state index contributed by atoms with van der Waals surface area (Å²) < 4.78 is 11.6.